The summed E-state index contributed by atoms with van der Waals surface area (Å²) in [4.78, 5) is 19.4. The van der Waals surface area contributed by atoms with Gasteiger partial charge in [0.25, 0.3) is 5.91 Å². The Balaban J connectivity index is 1.37. The number of fused-ring (bicyclic) bond motifs is 2. The van der Waals surface area contributed by atoms with Crippen molar-refractivity contribution in [3.63, 3.8) is 0 Å². The Bertz CT molecular complexity index is 1110. The van der Waals surface area contributed by atoms with E-state index in [0.717, 1.165) is 36.4 Å². The zero-order valence-corrected chi connectivity index (χ0v) is 17.8. The SMILES string of the molecule is CC1C2CC(Oc3ccc(C(F)(F)F)cn3)C(C2)N1C(=O)c1ccccc1C1=CC=CNN1. The number of benzene rings is 1. The van der Waals surface area contributed by atoms with Crippen LogP contribution in [0.3, 0.4) is 0 Å². The molecule has 3 heterocycles. The minimum Gasteiger partial charge on any atom is -0.472 e. The van der Waals surface area contributed by atoms with Crippen molar-refractivity contribution in [1.82, 2.24) is 20.7 Å². The van der Waals surface area contributed by atoms with E-state index in [1.54, 1.807) is 6.20 Å². The second kappa shape index (κ2) is 8.13. The molecule has 9 heteroatoms. The van der Waals surface area contributed by atoms with Gasteiger partial charge in [-0.25, -0.2) is 4.98 Å². The summed E-state index contributed by atoms with van der Waals surface area (Å²) in [5, 5.41) is 0. The van der Waals surface area contributed by atoms with Crippen molar-refractivity contribution in [2.24, 2.45) is 5.92 Å². The summed E-state index contributed by atoms with van der Waals surface area (Å²) in [6.07, 6.45) is 3.05. The molecule has 0 spiro atoms. The van der Waals surface area contributed by atoms with E-state index in [1.807, 2.05) is 48.2 Å². The number of nitrogens with one attached hydrogen (secondary N) is 2. The number of hydrogen-bond acceptors (Lipinski definition) is 5. The quantitative estimate of drug-likeness (QED) is 0.724. The number of ether oxygens (including phenoxy) is 1. The first-order valence-corrected chi connectivity index (χ1v) is 10.8. The normalized spacial score (nSPS) is 25.9. The van der Waals surface area contributed by atoms with Crippen molar-refractivity contribution in [2.75, 3.05) is 0 Å². The molecule has 6 nitrogen and oxygen atoms in total. The maximum absolute atomic E-state index is 13.7. The molecular formula is C24H23F3N4O2. The summed E-state index contributed by atoms with van der Waals surface area (Å²) < 4.78 is 44.4. The van der Waals surface area contributed by atoms with Crippen molar-refractivity contribution < 1.29 is 22.7 Å². The van der Waals surface area contributed by atoms with Crippen LogP contribution in [0.2, 0.25) is 0 Å². The van der Waals surface area contributed by atoms with Gasteiger partial charge in [-0.15, -0.1) is 0 Å². The number of hydrogen-bond donors (Lipinski definition) is 2. The maximum atomic E-state index is 13.7. The van der Waals surface area contributed by atoms with Crippen LogP contribution in [0, 0.1) is 5.92 Å². The Morgan fingerprint density at radius 3 is 2.67 bits per heavy atom. The number of rotatable bonds is 4. The number of allylic oxidation sites excluding steroid dienone is 2. The molecule has 0 radical (unpaired) electrons. The van der Waals surface area contributed by atoms with Gasteiger partial charge < -0.3 is 20.5 Å². The van der Waals surface area contributed by atoms with Crippen LogP contribution in [0.25, 0.3) is 5.70 Å². The Labute approximate surface area is 189 Å². The molecular weight excluding hydrogens is 433 g/mol. The standard InChI is InChI=1S/C24H23F3N4O2/c1-14-15-11-20(21(12-15)33-22-9-8-16(13-28-22)24(25,26)27)31(14)23(32)18-6-3-2-5-17(18)19-7-4-10-29-30-19/h2-10,13-15,20-21,29-30H,11-12H2,1H3. The molecule has 5 rings (SSSR count). The highest BCUT2D eigenvalue weighted by Gasteiger charge is 2.53. The first-order chi connectivity index (χ1) is 15.8. The number of likely N-dealkylation sites (tertiary alicyclic amines) is 1. The number of halogens is 3. The smallest absolute Gasteiger partial charge is 0.417 e. The highest BCUT2D eigenvalue weighted by molar-refractivity contribution is 5.99. The molecule has 1 saturated heterocycles. The highest BCUT2D eigenvalue weighted by atomic mass is 19.4. The molecule has 4 unspecified atom stereocenters. The molecule has 172 valence electrons. The van der Waals surface area contributed by atoms with E-state index in [9.17, 15) is 18.0 Å². The third-order valence-electron chi connectivity index (χ3n) is 6.65. The van der Waals surface area contributed by atoms with Crippen molar-refractivity contribution in [2.45, 2.75) is 44.1 Å². The summed E-state index contributed by atoms with van der Waals surface area (Å²) in [7, 11) is 0. The van der Waals surface area contributed by atoms with Crippen molar-refractivity contribution in [3.8, 4) is 5.88 Å². The molecule has 2 fully saturated rings. The van der Waals surface area contributed by atoms with E-state index in [2.05, 4.69) is 15.8 Å². The number of amides is 1. The number of hydrazine groups is 1. The van der Waals surface area contributed by atoms with Crippen molar-refractivity contribution >= 4 is 11.6 Å². The minimum atomic E-state index is -4.45. The number of carbonyl (C=O) groups is 1. The van der Waals surface area contributed by atoms with Gasteiger partial charge in [-0.2, -0.15) is 13.2 Å². The van der Waals surface area contributed by atoms with Crippen LogP contribution in [-0.4, -0.2) is 34.0 Å². The monoisotopic (exact) mass is 456 g/mol. The average molecular weight is 456 g/mol. The number of piperidine rings is 1. The largest absolute Gasteiger partial charge is 0.472 e. The molecule has 2 aromatic rings. The second-order valence-corrected chi connectivity index (χ2v) is 8.55. The van der Waals surface area contributed by atoms with E-state index >= 15 is 0 Å². The van der Waals surface area contributed by atoms with Gasteiger partial charge >= 0.3 is 6.18 Å². The summed E-state index contributed by atoms with van der Waals surface area (Å²) in [6, 6.07) is 9.50. The number of alkyl halides is 3. The Morgan fingerprint density at radius 2 is 2.00 bits per heavy atom. The zero-order chi connectivity index (χ0) is 23.2. The van der Waals surface area contributed by atoms with Crippen LogP contribution >= 0.6 is 0 Å². The third-order valence-corrected chi connectivity index (χ3v) is 6.65. The lowest BCUT2D eigenvalue weighted by Gasteiger charge is -2.38. The molecule has 4 atom stereocenters. The molecule has 1 aliphatic carbocycles. The molecule has 2 aliphatic heterocycles. The van der Waals surface area contributed by atoms with Crippen LogP contribution in [0.4, 0.5) is 13.2 Å². The number of carbonyl (C=O) groups excluding carboxylic acids is 1. The number of nitrogens with zero attached hydrogens (tertiary/aromatic N) is 2. The Kier molecular flexibility index (Phi) is 5.26. The van der Waals surface area contributed by atoms with Crippen LogP contribution < -0.4 is 15.6 Å². The maximum Gasteiger partial charge on any atom is 0.417 e. The van der Waals surface area contributed by atoms with Gasteiger partial charge in [0.05, 0.1) is 17.3 Å². The summed E-state index contributed by atoms with van der Waals surface area (Å²) in [5.41, 5.74) is 7.34. The van der Waals surface area contributed by atoms with E-state index in [0.29, 0.717) is 5.56 Å². The zero-order valence-electron chi connectivity index (χ0n) is 17.8. The molecule has 3 aliphatic rings. The van der Waals surface area contributed by atoms with Gasteiger partial charge in [-0.1, -0.05) is 18.2 Å². The fourth-order valence-electron chi connectivity index (χ4n) is 5.02. The van der Waals surface area contributed by atoms with Gasteiger partial charge in [-0.05, 0) is 50.0 Å². The average Bonchev–Trinajstić information content (AvgIpc) is 3.36. The second-order valence-electron chi connectivity index (χ2n) is 8.55. The Morgan fingerprint density at radius 1 is 1.18 bits per heavy atom. The highest BCUT2D eigenvalue weighted by Crippen LogP contribution is 2.45. The van der Waals surface area contributed by atoms with Crippen molar-refractivity contribution in [1.29, 1.82) is 0 Å². The van der Waals surface area contributed by atoms with E-state index in [1.165, 1.54) is 6.07 Å². The van der Waals surface area contributed by atoms with Gasteiger partial charge in [-0.3, -0.25) is 4.79 Å². The summed E-state index contributed by atoms with van der Waals surface area (Å²) >= 11 is 0. The summed E-state index contributed by atoms with van der Waals surface area (Å²) in [6.45, 7) is 2.04. The molecule has 2 bridgehead atoms. The number of aromatic nitrogens is 1. The number of pyridine rings is 1. The van der Waals surface area contributed by atoms with Crippen LogP contribution in [0.5, 0.6) is 5.88 Å². The fraction of sp³-hybridized carbons (Fsp3) is 0.333. The molecule has 33 heavy (non-hydrogen) atoms. The lowest BCUT2D eigenvalue weighted by atomic mass is 9.96. The summed E-state index contributed by atoms with van der Waals surface area (Å²) in [5.74, 6) is 0.314. The van der Waals surface area contributed by atoms with Gasteiger partial charge in [0.1, 0.15) is 6.10 Å². The molecule has 1 aromatic heterocycles. The van der Waals surface area contributed by atoms with Crippen LogP contribution in [0.1, 0.15) is 41.3 Å². The molecule has 2 N–H and O–H groups in total. The first-order valence-electron chi connectivity index (χ1n) is 10.8. The van der Waals surface area contributed by atoms with E-state index < -0.39 is 11.7 Å². The topological polar surface area (TPSA) is 66.5 Å². The predicted octanol–water partition coefficient (Wildman–Crippen LogP) is 4.13. The fourth-order valence-corrected chi connectivity index (χ4v) is 5.02. The third kappa shape index (κ3) is 3.92. The lowest BCUT2D eigenvalue weighted by molar-refractivity contribution is -0.137. The Hall–Kier alpha value is -3.49. The van der Waals surface area contributed by atoms with E-state index in [-0.39, 0.29) is 35.9 Å². The molecule has 1 aromatic carbocycles. The molecule has 1 saturated carbocycles. The lowest BCUT2D eigenvalue weighted by Crippen LogP contribution is -2.51. The van der Waals surface area contributed by atoms with E-state index in [4.69, 9.17) is 4.74 Å². The molecule has 1 amide bonds. The predicted molar refractivity (Wildman–Crippen MR) is 116 cm³/mol. The van der Waals surface area contributed by atoms with Crippen molar-refractivity contribution in [3.05, 3.63) is 77.6 Å². The van der Waals surface area contributed by atoms with Crippen LogP contribution in [0.15, 0.2) is 60.9 Å². The minimum absolute atomic E-state index is 0.0438. The van der Waals surface area contributed by atoms with Crippen LogP contribution in [-0.2, 0) is 6.18 Å². The van der Waals surface area contributed by atoms with Gasteiger partial charge in [0.15, 0.2) is 0 Å². The van der Waals surface area contributed by atoms with Gasteiger partial charge in [0.2, 0.25) is 5.88 Å². The first kappa shape index (κ1) is 21.4. The van der Waals surface area contributed by atoms with Gasteiger partial charge in [0, 0.05) is 35.6 Å².